The predicted molar refractivity (Wildman–Crippen MR) is 67.9 cm³/mol. The first-order chi connectivity index (χ1) is 6.04. The molecule has 0 aromatic heterocycles. The van der Waals surface area contributed by atoms with E-state index in [-0.39, 0.29) is 6.42 Å². The molecule has 0 aliphatic carbocycles. The molecule has 0 spiro atoms. The van der Waals surface area contributed by atoms with Crippen molar-refractivity contribution in [2.45, 2.75) is 44.3 Å². The maximum atomic E-state index is 10.6. The molecule has 6 heteroatoms. The number of hydrogen-bond acceptors (Lipinski definition) is 2. The zero-order chi connectivity index (χ0) is 11.6. The summed E-state index contributed by atoms with van der Waals surface area (Å²) in [7, 11) is -2.36. The van der Waals surface area contributed by atoms with Gasteiger partial charge in [-0.3, -0.25) is 4.79 Å². The van der Waals surface area contributed by atoms with Gasteiger partial charge in [-0.2, -0.15) is 0 Å². The predicted octanol–water partition coefficient (Wildman–Crippen LogP) is 1.21. The van der Waals surface area contributed by atoms with Crippen LogP contribution in [0.4, 0.5) is 0 Å². The van der Waals surface area contributed by atoms with E-state index in [9.17, 15) is 4.79 Å². The Morgan fingerprint density at radius 2 is 1.79 bits per heavy atom. The van der Waals surface area contributed by atoms with E-state index in [1.807, 2.05) is 0 Å². The van der Waals surface area contributed by atoms with Gasteiger partial charge in [0, 0.05) is 16.7 Å². The minimum absolute atomic E-state index is 0.288. The maximum absolute atomic E-state index is 10.6. The molecule has 14 heavy (non-hydrogen) atoms. The van der Waals surface area contributed by atoms with Crippen molar-refractivity contribution in [1.29, 1.82) is 0 Å². The van der Waals surface area contributed by atoms with Crippen LogP contribution in [0.25, 0.3) is 0 Å². The van der Waals surface area contributed by atoms with Crippen LogP contribution in [0.15, 0.2) is 0 Å². The molecule has 1 unspecified atom stereocenters. The van der Waals surface area contributed by atoms with Crippen molar-refractivity contribution >= 4 is 32.8 Å². The molecule has 0 saturated heterocycles. The number of hydrogen-bond donors (Lipinski definition) is 1. The maximum Gasteiger partial charge on any atom is 0.303 e. The first-order valence-corrected chi connectivity index (χ1v) is 12.5. The van der Waals surface area contributed by atoms with Crippen LogP contribution in [0.5, 0.6) is 0 Å². The van der Waals surface area contributed by atoms with Crippen LogP contribution in [0.1, 0.15) is 6.42 Å². The molecular formula is C8H22O3Si3. The second-order valence-corrected chi connectivity index (χ2v) is 17.1. The first kappa shape index (κ1) is 14.1. The van der Waals surface area contributed by atoms with Gasteiger partial charge in [0.2, 0.25) is 0 Å². The standard InChI is InChI=1S/C8H22O3Si3/c1-13(2,3)11-14(4,5)8(12)6-7(9)10/h8H,6H2,1-5,12H3,(H,9,10). The molecule has 0 aromatic carbocycles. The van der Waals surface area contributed by atoms with Crippen molar-refractivity contribution < 1.29 is 14.0 Å². The van der Waals surface area contributed by atoms with Gasteiger partial charge in [-0.25, -0.2) is 0 Å². The summed E-state index contributed by atoms with van der Waals surface area (Å²) in [6, 6.07) is 0. The highest BCUT2D eigenvalue weighted by Gasteiger charge is 2.35. The molecule has 0 aliphatic heterocycles. The van der Waals surface area contributed by atoms with E-state index in [1.54, 1.807) is 0 Å². The summed E-state index contributed by atoms with van der Waals surface area (Å²) in [4.78, 5) is 10.6. The van der Waals surface area contributed by atoms with Gasteiger partial charge >= 0.3 is 5.97 Å². The zero-order valence-corrected chi connectivity index (χ0v) is 14.0. The molecule has 84 valence electrons. The van der Waals surface area contributed by atoms with E-state index in [2.05, 4.69) is 32.7 Å². The van der Waals surface area contributed by atoms with Crippen molar-refractivity contribution in [2.24, 2.45) is 0 Å². The van der Waals surface area contributed by atoms with Crippen LogP contribution in [-0.4, -0.2) is 38.0 Å². The number of carboxylic acid groups (broad SMARTS) is 1. The summed E-state index contributed by atoms with van der Waals surface area (Å²) >= 11 is 0. The number of aliphatic carboxylic acids is 1. The Morgan fingerprint density at radius 1 is 1.36 bits per heavy atom. The van der Waals surface area contributed by atoms with E-state index < -0.39 is 22.6 Å². The fourth-order valence-corrected chi connectivity index (χ4v) is 10.6. The van der Waals surface area contributed by atoms with Gasteiger partial charge in [-0.05, 0) is 37.9 Å². The van der Waals surface area contributed by atoms with Crippen molar-refractivity contribution in [2.75, 3.05) is 0 Å². The van der Waals surface area contributed by atoms with E-state index in [4.69, 9.17) is 9.22 Å². The van der Waals surface area contributed by atoms with Crippen LogP contribution in [0.2, 0.25) is 37.9 Å². The highest BCUT2D eigenvalue weighted by molar-refractivity contribution is 6.87. The summed E-state index contributed by atoms with van der Waals surface area (Å²) in [5.74, 6) is -0.690. The lowest BCUT2D eigenvalue weighted by Gasteiger charge is -2.35. The topological polar surface area (TPSA) is 46.5 Å². The third-order valence-electron chi connectivity index (χ3n) is 2.24. The molecule has 1 atom stereocenters. The molecule has 0 fully saturated rings. The average Bonchev–Trinajstić information content (AvgIpc) is 1.78. The molecule has 0 amide bonds. The van der Waals surface area contributed by atoms with Crippen molar-refractivity contribution in [3.63, 3.8) is 0 Å². The smallest absolute Gasteiger partial charge is 0.303 e. The van der Waals surface area contributed by atoms with Gasteiger partial charge in [0.15, 0.2) is 16.6 Å². The number of carbonyl (C=O) groups is 1. The Labute approximate surface area is 91.5 Å². The van der Waals surface area contributed by atoms with Gasteiger partial charge in [0.1, 0.15) is 0 Å². The summed E-state index contributed by atoms with van der Waals surface area (Å²) < 4.78 is 6.14. The average molecular weight is 251 g/mol. The first-order valence-electron chi connectivity index (χ1n) is 4.96. The Morgan fingerprint density at radius 3 is 2.07 bits per heavy atom. The number of rotatable bonds is 5. The summed E-state index contributed by atoms with van der Waals surface area (Å²) in [6.07, 6.45) is 0.288. The van der Waals surface area contributed by atoms with Crippen molar-refractivity contribution in [3.05, 3.63) is 0 Å². The highest BCUT2D eigenvalue weighted by Crippen LogP contribution is 2.26. The summed E-state index contributed by atoms with van der Waals surface area (Å²) in [6.45, 7) is 10.8. The largest absolute Gasteiger partial charge is 0.481 e. The molecule has 0 saturated carbocycles. The lowest BCUT2D eigenvalue weighted by atomic mass is 10.5. The molecular weight excluding hydrogens is 228 g/mol. The van der Waals surface area contributed by atoms with Crippen LogP contribution in [-0.2, 0) is 8.91 Å². The van der Waals surface area contributed by atoms with Gasteiger partial charge < -0.3 is 9.22 Å². The Balaban J connectivity index is 4.37. The minimum Gasteiger partial charge on any atom is -0.481 e. The van der Waals surface area contributed by atoms with Gasteiger partial charge in [0.05, 0.1) is 0 Å². The lowest BCUT2D eigenvalue weighted by molar-refractivity contribution is -0.136. The molecule has 0 aromatic rings. The second kappa shape index (κ2) is 4.73. The van der Waals surface area contributed by atoms with Crippen molar-refractivity contribution in [3.8, 4) is 0 Å². The van der Waals surface area contributed by atoms with Crippen LogP contribution in [0.3, 0.4) is 0 Å². The van der Waals surface area contributed by atoms with Crippen LogP contribution in [0, 0.1) is 0 Å². The van der Waals surface area contributed by atoms with E-state index in [0.717, 1.165) is 10.2 Å². The number of carboxylic acids is 1. The molecule has 0 rings (SSSR count). The third kappa shape index (κ3) is 5.74. The van der Waals surface area contributed by atoms with E-state index in [0.29, 0.717) is 5.16 Å². The molecule has 1 N–H and O–H groups in total. The minimum atomic E-state index is -1.76. The van der Waals surface area contributed by atoms with Crippen LogP contribution < -0.4 is 0 Å². The normalized spacial score (nSPS) is 15.5. The van der Waals surface area contributed by atoms with Crippen molar-refractivity contribution in [1.82, 2.24) is 0 Å². The molecule has 0 aliphatic rings. The Bertz CT molecular complexity index is 210. The highest BCUT2D eigenvalue weighted by atomic mass is 28.4. The van der Waals surface area contributed by atoms with E-state index >= 15 is 0 Å². The fraction of sp³-hybridized carbons (Fsp3) is 0.875. The van der Waals surface area contributed by atoms with Gasteiger partial charge in [0.25, 0.3) is 0 Å². The monoisotopic (exact) mass is 250 g/mol. The molecule has 0 heterocycles. The van der Waals surface area contributed by atoms with E-state index in [1.165, 1.54) is 0 Å². The lowest BCUT2D eigenvalue weighted by Crippen LogP contribution is -2.46. The van der Waals surface area contributed by atoms with Gasteiger partial charge in [-0.15, -0.1) is 0 Å². The Kier molecular flexibility index (Phi) is 4.76. The summed E-state index contributed by atoms with van der Waals surface area (Å²) in [5, 5.41) is 9.06. The quantitative estimate of drug-likeness (QED) is 0.746. The third-order valence-corrected chi connectivity index (χ3v) is 13.9. The Hall–Kier alpha value is 0.0806. The molecule has 3 nitrogen and oxygen atoms in total. The van der Waals surface area contributed by atoms with Gasteiger partial charge in [-0.1, -0.05) is 0 Å². The summed E-state index contributed by atoms with van der Waals surface area (Å²) in [5.41, 5.74) is 0. The second-order valence-electron chi connectivity index (χ2n) is 5.32. The SMILES string of the molecule is C[Si](C)(C)O[Si](C)(C)C([SiH3])CC(=O)O. The fourth-order valence-electron chi connectivity index (χ4n) is 1.40. The molecule has 0 bridgehead atoms. The van der Waals surface area contributed by atoms with Crippen LogP contribution >= 0.6 is 0 Å². The molecule has 0 radical (unpaired) electrons. The zero-order valence-electron chi connectivity index (χ0n) is 10.0.